The van der Waals surface area contributed by atoms with Crippen molar-refractivity contribution in [2.24, 2.45) is 0 Å². The van der Waals surface area contributed by atoms with Crippen molar-refractivity contribution >= 4 is 34.7 Å². The molecule has 0 spiro atoms. The van der Waals surface area contributed by atoms with Crippen molar-refractivity contribution in [2.45, 2.75) is 0 Å². The fourth-order valence-electron chi connectivity index (χ4n) is 2.45. The van der Waals surface area contributed by atoms with Gasteiger partial charge >= 0.3 is 29.6 Å². The van der Waals surface area contributed by atoms with E-state index in [9.17, 15) is 0 Å². The first kappa shape index (κ1) is 17.3. The molecular formula is C17H10ClN4NaS. The van der Waals surface area contributed by atoms with Gasteiger partial charge in [-0.25, -0.2) is 4.98 Å². The zero-order valence-electron chi connectivity index (χ0n) is 12.8. The van der Waals surface area contributed by atoms with Gasteiger partial charge < -0.3 is 9.67 Å². The Morgan fingerprint density at radius 1 is 0.958 bits per heavy atom. The molecule has 2 aromatic heterocycles. The summed E-state index contributed by atoms with van der Waals surface area (Å²) in [5.74, 6) is 0.614. The Morgan fingerprint density at radius 3 is 2.50 bits per heavy atom. The van der Waals surface area contributed by atoms with E-state index in [0.717, 1.165) is 22.3 Å². The van der Waals surface area contributed by atoms with Crippen LogP contribution in [0, 0.1) is 4.77 Å². The summed E-state index contributed by atoms with van der Waals surface area (Å²) in [5.41, 5.74) is 2.48. The maximum atomic E-state index is 5.96. The molecule has 0 atom stereocenters. The Balaban J connectivity index is 0.00000169. The molecule has 4 aromatic rings. The van der Waals surface area contributed by atoms with Crippen molar-refractivity contribution < 1.29 is 29.6 Å². The quantitative estimate of drug-likeness (QED) is 0.401. The fraction of sp³-hybridized carbons (Fsp3) is 0. The number of pyridine rings is 1. The van der Waals surface area contributed by atoms with Crippen molar-refractivity contribution in [1.29, 1.82) is 0 Å². The second kappa shape index (κ2) is 7.17. The first-order chi connectivity index (χ1) is 11.2. The van der Waals surface area contributed by atoms with Gasteiger partial charge in [-0.1, -0.05) is 60.2 Å². The number of fused-ring (bicyclic) bond motifs is 1. The summed E-state index contributed by atoms with van der Waals surface area (Å²) in [5, 5.41) is 9.97. The maximum absolute atomic E-state index is 5.96. The number of nitrogens with zero attached hydrogens (tertiary/aromatic N) is 4. The molecule has 0 fully saturated rings. The van der Waals surface area contributed by atoms with E-state index in [1.54, 1.807) is 4.57 Å². The molecule has 0 amide bonds. The van der Waals surface area contributed by atoms with Crippen LogP contribution in [0.3, 0.4) is 0 Å². The minimum absolute atomic E-state index is 0. The van der Waals surface area contributed by atoms with E-state index in [1.165, 1.54) is 0 Å². The average Bonchev–Trinajstić information content (AvgIpc) is 2.97. The van der Waals surface area contributed by atoms with Crippen LogP contribution >= 0.6 is 23.8 Å². The molecular weight excluding hydrogens is 351 g/mol. The minimum Gasteiger partial charge on any atom is -0.390 e. The Kier molecular flexibility index (Phi) is 5.18. The van der Waals surface area contributed by atoms with Gasteiger partial charge in [0.05, 0.1) is 17.0 Å². The van der Waals surface area contributed by atoms with E-state index in [-0.39, 0.29) is 29.6 Å². The summed E-state index contributed by atoms with van der Waals surface area (Å²) >= 11 is 11.3. The van der Waals surface area contributed by atoms with Crippen LogP contribution in [-0.4, -0.2) is 14.6 Å². The Hall–Kier alpha value is -1.50. The number of rotatable bonds is 2. The van der Waals surface area contributed by atoms with Crippen LogP contribution in [0.5, 0.6) is 0 Å². The molecule has 0 bridgehead atoms. The first-order valence-corrected chi connectivity index (χ1v) is 7.75. The third-order valence-corrected chi connectivity index (χ3v) is 4.06. The molecule has 7 heteroatoms. The minimum atomic E-state index is 0. The Morgan fingerprint density at radius 2 is 1.71 bits per heavy atom. The summed E-state index contributed by atoms with van der Waals surface area (Å²) < 4.78 is 2.18. The molecule has 0 aliphatic rings. The molecule has 4 nitrogen and oxygen atoms in total. The van der Waals surface area contributed by atoms with Gasteiger partial charge in [0, 0.05) is 15.2 Å². The summed E-state index contributed by atoms with van der Waals surface area (Å²) in [7, 11) is 0. The van der Waals surface area contributed by atoms with Gasteiger partial charge in [-0.2, -0.15) is 0 Å². The van der Waals surface area contributed by atoms with Gasteiger partial charge in [0.25, 0.3) is 0 Å². The van der Waals surface area contributed by atoms with Gasteiger partial charge in [0.1, 0.15) is 0 Å². The maximum Gasteiger partial charge on any atom is 1.00 e. The smallest absolute Gasteiger partial charge is 0.390 e. The third kappa shape index (κ3) is 3.18. The van der Waals surface area contributed by atoms with Crippen molar-refractivity contribution in [1.82, 2.24) is 19.7 Å². The van der Waals surface area contributed by atoms with Crippen molar-refractivity contribution in [2.75, 3.05) is 0 Å². The summed E-state index contributed by atoms with van der Waals surface area (Å²) in [6.45, 7) is 0. The fourth-order valence-corrected chi connectivity index (χ4v) is 2.81. The molecule has 0 saturated carbocycles. The molecule has 112 valence electrons. The predicted molar refractivity (Wildman–Crippen MR) is 93.5 cm³/mol. The zero-order chi connectivity index (χ0) is 15.8. The van der Waals surface area contributed by atoms with Crippen LogP contribution in [0.1, 0.15) is 0 Å². The topological polar surface area (TPSA) is 44.8 Å². The van der Waals surface area contributed by atoms with Crippen LogP contribution < -0.4 is 34.7 Å². The normalized spacial score (nSPS) is 10.5. The second-order valence-corrected chi connectivity index (χ2v) is 5.81. The summed E-state index contributed by atoms with van der Waals surface area (Å²) in [4.78, 5) is 4.67. The third-order valence-electron chi connectivity index (χ3n) is 3.55. The number of halogens is 1. The Labute approximate surface area is 170 Å². The van der Waals surface area contributed by atoms with E-state index in [0.29, 0.717) is 15.6 Å². The molecule has 0 aliphatic heterocycles. The van der Waals surface area contributed by atoms with E-state index in [1.807, 2.05) is 60.7 Å². The molecule has 2 heterocycles. The van der Waals surface area contributed by atoms with Crippen LogP contribution in [0.15, 0.2) is 60.7 Å². The average molecular weight is 361 g/mol. The van der Waals surface area contributed by atoms with Crippen LogP contribution in [0.2, 0.25) is 5.02 Å². The largest absolute Gasteiger partial charge is 1.00 e. The predicted octanol–water partition coefficient (Wildman–Crippen LogP) is 1.43. The molecule has 4 rings (SSSR count). The molecule has 2 aromatic carbocycles. The van der Waals surface area contributed by atoms with E-state index >= 15 is 0 Å². The van der Waals surface area contributed by atoms with E-state index in [2.05, 4.69) is 15.2 Å². The number of hydrogen-bond acceptors (Lipinski definition) is 3. The molecule has 24 heavy (non-hydrogen) atoms. The monoisotopic (exact) mass is 360 g/mol. The van der Waals surface area contributed by atoms with Crippen molar-refractivity contribution in [3.8, 4) is 17.2 Å². The zero-order valence-corrected chi connectivity index (χ0v) is 16.4. The van der Waals surface area contributed by atoms with Gasteiger partial charge in [-0.15, -0.1) is 0 Å². The number of aromatic nitrogens is 4. The standard InChI is InChI=1S/C17H11ClN4S.Na/c18-12-6-8-13(9-7-12)22-16(20-21-17(22)23)15-10-5-11-3-1-2-4-14(11)19-15;/h1-10H,(H,19,21,23);/q;+1/p-1. The van der Waals surface area contributed by atoms with Crippen LogP contribution in [-0.2, 0) is 0 Å². The van der Waals surface area contributed by atoms with Crippen molar-refractivity contribution in [3.63, 3.8) is 0 Å². The van der Waals surface area contributed by atoms with Gasteiger partial charge in [-0.3, -0.25) is 5.10 Å². The SMILES string of the molecule is S=c1[n-]nc(-c2ccc3ccccc3n2)n1-c1ccc(Cl)cc1.[Na+]. The molecule has 0 aliphatic carbocycles. The molecule has 0 unspecified atom stereocenters. The summed E-state index contributed by atoms with van der Waals surface area (Å²) in [6, 6.07) is 19.3. The van der Waals surface area contributed by atoms with E-state index < -0.39 is 0 Å². The first-order valence-electron chi connectivity index (χ1n) is 6.97. The molecule has 0 N–H and O–H groups in total. The van der Waals surface area contributed by atoms with Gasteiger partial charge in [0.15, 0.2) is 0 Å². The van der Waals surface area contributed by atoms with Crippen molar-refractivity contribution in [3.05, 3.63) is 70.5 Å². The number of para-hydroxylation sites is 1. The van der Waals surface area contributed by atoms with E-state index in [4.69, 9.17) is 23.8 Å². The number of hydrogen-bond donors (Lipinski definition) is 0. The summed E-state index contributed by atoms with van der Waals surface area (Å²) in [6.07, 6.45) is 0. The van der Waals surface area contributed by atoms with Gasteiger partial charge in [0.2, 0.25) is 0 Å². The van der Waals surface area contributed by atoms with Crippen LogP contribution in [0.25, 0.3) is 28.1 Å². The number of benzene rings is 2. The molecule has 0 radical (unpaired) electrons. The molecule has 0 saturated heterocycles. The Bertz CT molecular complexity index is 1060. The van der Waals surface area contributed by atoms with Gasteiger partial charge in [-0.05, 0) is 30.0 Å². The van der Waals surface area contributed by atoms with Crippen LogP contribution in [0.4, 0.5) is 0 Å². The second-order valence-electron chi connectivity index (χ2n) is 5.01.